The molecule has 1 atom stereocenters. The Hall–Kier alpha value is -2.20. The second kappa shape index (κ2) is 5.63. The lowest BCUT2D eigenvalue weighted by atomic mass is 9.98. The molecule has 7 heteroatoms. The summed E-state index contributed by atoms with van der Waals surface area (Å²) in [6, 6.07) is 4.71. The summed E-state index contributed by atoms with van der Waals surface area (Å²) >= 11 is 0. The van der Waals surface area contributed by atoms with Crippen molar-refractivity contribution < 1.29 is 4.92 Å². The number of hydrogen-bond acceptors (Lipinski definition) is 6. The molecule has 0 amide bonds. The van der Waals surface area contributed by atoms with Crippen molar-refractivity contribution in [1.82, 2.24) is 4.98 Å². The minimum atomic E-state index is -0.589. The lowest BCUT2D eigenvalue weighted by Gasteiger charge is -2.32. The van der Waals surface area contributed by atoms with Crippen molar-refractivity contribution in [1.29, 1.82) is 5.26 Å². The van der Waals surface area contributed by atoms with Crippen LogP contribution in [0.15, 0.2) is 12.1 Å². The number of aromatic nitrogens is 1. The molecular weight excluding hydrogens is 246 g/mol. The molecule has 1 saturated heterocycles. The molecule has 1 aliphatic rings. The zero-order valence-electron chi connectivity index (χ0n) is 10.5. The maximum Gasteiger partial charge on any atom is 0.305 e. The largest absolute Gasteiger partial charge is 0.356 e. The molecule has 1 aromatic rings. The van der Waals surface area contributed by atoms with Crippen LogP contribution in [0.5, 0.6) is 0 Å². The van der Waals surface area contributed by atoms with Crippen molar-refractivity contribution in [3.8, 4) is 6.07 Å². The monoisotopic (exact) mass is 261 g/mol. The Bertz CT molecular complexity index is 525. The van der Waals surface area contributed by atoms with Gasteiger partial charge in [-0.25, -0.2) is 4.98 Å². The van der Waals surface area contributed by atoms with E-state index < -0.39 is 4.92 Å². The predicted molar refractivity (Wildman–Crippen MR) is 69.6 cm³/mol. The SMILES string of the molecule is N#Cc1nc(N2CCCC(CN)C2)ccc1[N+](=O)[O-]. The number of piperidine rings is 1. The molecule has 0 saturated carbocycles. The van der Waals surface area contributed by atoms with Gasteiger partial charge in [0, 0.05) is 19.2 Å². The van der Waals surface area contributed by atoms with E-state index in [4.69, 9.17) is 11.0 Å². The molecule has 100 valence electrons. The summed E-state index contributed by atoms with van der Waals surface area (Å²) in [5.74, 6) is 1.02. The highest BCUT2D eigenvalue weighted by Crippen LogP contribution is 2.24. The van der Waals surface area contributed by atoms with E-state index in [1.165, 1.54) is 6.07 Å². The summed E-state index contributed by atoms with van der Waals surface area (Å²) < 4.78 is 0. The molecule has 1 aromatic heterocycles. The van der Waals surface area contributed by atoms with Crippen LogP contribution in [0.1, 0.15) is 18.5 Å². The van der Waals surface area contributed by atoms with E-state index in [1.54, 1.807) is 12.1 Å². The predicted octanol–water partition coefficient (Wildman–Crippen LogP) is 1.04. The molecule has 1 unspecified atom stereocenters. The van der Waals surface area contributed by atoms with Crippen LogP contribution in [-0.2, 0) is 0 Å². The summed E-state index contributed by atoms with van der Waals surface area (Å²) in [6.07, 6.45) is 2.10. The zero-order chi connectivity index (χ0) is 13.8. The molecule has 0 aliphatic carbocycles. The quantitative estimate of drug-likeness (QED) is 0.643. The van der Waals surface area contributed by atoms with Crippen molar-refractivity contribution in [2.75, 3.05) is 24.5 Å². The smallest absolute Gasteiger partial charge is 0.305 e. The fraction of sp³-hybridized carbons (Fsp3) is 0.500. The second-order valence-corrected chi connectivity index (χ2v) is 4.60. The van der Waals surface area contributed by atoms with E-state index in [9.17, 15) is 10.1 Å². The lowest BCUT2D eigenvalue weighted by molar-refractivity contribution is -0.385. The van der Waals surface area contributed by atoms with Crippen LogP contribution in [-0.4, -0.2) is 29.5 Å². The van der Waals surface area contributed by atoms with Crippen LogP contribution in [0.3, 0.4) is 0 Å². The second-order valence-electron chi connectivity index (χ2n) is 4.60. The Labute approximate surface area is 110 Å². The highest BCUT2D eigenvalue weighted by atomic mass is 16.6. The first kappa shape index (κ1) is 13.2. The molecular formula is C12H15N5O2. The molecule has 2 heterocycles. The molecule has 2 N–H and O–H groups in total. The summed E-state index contributed by atoms with van der Waals surface area (Å²) in [5, 5.41) is 19.7. The number of anilines is 1. The number of nitriles is 1. The van der Waals surface area contributed by atoms with Gasteiger partial charge in [-0.05, 0) is 31.4 Å². The first-order chi connectivity index (χ1) is 9.15. The molecule has 1 aliphatic heterocycles. The van der Waals surface area contributed by atoms with Gasteiger partial charge in [0.15, 0.2) is 0 Å². The lowest BCUT2D eigenvalue weighted by Crippen LogP contribution is -2.38. The Morgan fingerprint density at radius 1 is 1.63 bits per heavy atom. The minimum absolute atomic E-state index is 0.141. The molecule has 7 nitrogen and oxygen atoms in total. The minimum Gasteiger partial charge on any atom is -0.356 e. The first-order valence-electron chi connectivity index (χ1n) is 6.16. The highest BCUT2D eigenvalue weighted by molar-refractivity contribution is 5.51. The van der Waals surface area contributed by atoms with E-state index in [1.807, 2.05) is 4.90 Å². The van der Waals surface area contributed by atoms with E-state index >= 15 is 0 Å². The van der Waals surface area contributed by atoms with Crippen LogP contribution in [0.2, 0.25) is 0 Å². The van der Waals surface area contributed by atoms with Crippen molar-refractivity contribution in [2.24, 2.45) is 11.7 Å². The third kappa shape index (κ3) is 2.80. The van der Waals surface area contributed by atoms with Gasteiger partial charge in [0.1, 0.15) is 11.9 Å². The third-order valence-electron chi connectivity index (χ3n) is 3.34. The number of nitrogens with zero attached hydrogens (tertiary/aromatic N) is 4. The Kier molecular flexibility index (Phi) is 3.92. The third-order valence-corrected chi connectivity index (χ3v) is 3.34. The fourth-order valence-electron chi connectivity index (χ4n) is 2.31. The first-order valence-corrected chi connectivity index (χ1v) is 6.16. The molecule has 2 rings (SSSR count). The van der Waals surface area contributed by atoms with Crippen LogP contribution >= 0.6 is 0 Å². The van der Waals surface area contributed by atoms with Crippen LogP contribution < -0.4 is 10.6 Å². The van der Waals surface area contributed by atoms with E-state index in [0.717, 1.165) is 25.9 Å². The van der Waals surface area contributed by atoms with E-state index in [-0.39, 0.29) is 11.4 Å². The van der Waals surface area contributed by atoms with Gasteiger partial charge in [0.2, 0.25) is 5.69 Å². The molecule has 0 aromatic carbocycles. The van der Waals surface area contributed by atoms with Gasteiger partial charge >= 0.3 is 5.69 Å². The molecule has 1 fully saturated rings. The van der Waals surface area contributed by atoms with Crippen LogP contribution in [0.25, 0.3) is 0 Å². The zero-order valence-corrected chi connectivity index (χ0v) is 10.5. The Morgan fingerprint density at radius 2 is 2.42 bits per heavy atom. The van der Waals surface area contributed by atoms with Gasteiger partial charge in [-0.15, -0.1) is 0 Å². The number of nitro groups is 1. The van der Waals surface area contributed by atoms with Crippen molar-refractivity contribution in [2.45, 2.75) is 12.8 Å². The molecule has 0 spiro atoms. The standard InChI is InChI=1S/C12H15N5O2/c13-6-9-2-1-5-16(8-9)12-4-3-11(17(18)19)10(7-14)15-12/h3-4,9H,1-2,5-6,8,13H2. The number of pyridine rings is 1. The van der Waals surface area contributed by atoms with Gasteiger partial charge in [-0.2, -0.15) is 5.26 Å². The number of hydrogen-bond donors (Lipinski definition) is 1. The Morgan fingerprint density at radius 3 is 3.05 bits per heavy atom. The van der Waals surface area contributed by atoms with Gasteiger partial charge in [-0.3, -0.25) is 10.1 Å². The number of nitrogens with two attached hydrogens (primary N) is 1. The number of rotatable bonds is 3. The van der Waals surface area contributed by atoms with Crippen molar-refractivity contribution in [3.05, 3.63) is 27.9 Å². The molecule has 0 radical (unpaired) electrons. The average Bonchev–Trinajstić information content (AvgIpc) is 2.46. The summed E-state index contributed by atoms with van der Waals surface area (Å²) in [7, 11) is 0. The van der Waals surface area contributed by atoms with Gasteiger partial charge in [0.05, 0.1) is 4.92 Å². The van der Waals surface area contributed by atoms with E-state index in [0.29, 0.717) is 18.3 Å². The van der Waals surface area contributed by atoms with Gasteiger partial charge < -0.3 is 10.6 Å². The van der Waals surface area contributed by atoms with Crippen molar-refractivity contribution >= 4 is 11.5 Å². The molecule has 0 bridgehead atoms. The van der Waals surface area contributed by atoms with E-state index in [2.05, 4.69) is 4.98 Å². The summed E-state index contributed by atoms with van der Waals surface area (Å²) in [4.78, 5) is 16.3. The topological polar surface area (TPSA) is 109 Å². The maximum atomic E-state index is 10.8. The average molecular weight is 261 g/mol. The summed E-state index contributed by atoms with van der Waals surface area (Å²) in [6.45, 7) is 2.24. The van der Waals surface area contributed by atoms with Crippen LogP contribution in [0.4, 0.5) is 11.5 Å². The van der Waals surface area contributed by atoms with Crippen LogP contribution in [0, 0.1) is 27.4 Å². The fourth-order valence-corrected chi connectivity index (χ4v) is 2.31. The Balaban J connectivity index is 2.26. The highest BCUT2D eigenvalue weighted by Gasteiger charge is 2.22. The van der Waals surface area contributed by atoms with Gasteiger partial charge in [0.25, 0.3) is 0 Å². The normalized spacial score (nSPS) is 18.9. The molecule has 19 heavy (non-hydrogen) atoms. The van der Waals surface area contributed by atoms with Crippen molar-refractivity contribution in [3.63, 3.8) is 0 Å². The van der Waals surface area contributed by atoms with Gasteiger partial charge in [-0.1, -0.05) is 0 Å². The summed E-state index contributed by atoms with van der Waals surface area (Å²) in [5.41, 5.74) is 5.28. The maximum absolute atomic E-state index is 10.8.